The number of carbonyl (C=O) groups excluding carboxylic acids is 3. The normalized spacial score (nSPS) is 16.7. The minimum Gasteiger partial charge on any atom is -0.508 e. The van der Waals surface area contributed by atoms with Gasteiger partial charge in [-0.15, -0.1) is 0 Å². The van der Waals surface area contributed by atoms with Crippen LogP contribution in [-0.2, 0) is 14.3 Å². The van der Waals surface area contributed by atoms with Crippen LogP contribution >= 0.6 is 11.8 Å². The van der Waals surface area contributed by atoms with Gasteiger partial charge in [0.2, 0.25) is 0 Å². The number of esters is 1. The number of phenolic OH excluding ortho intramolecular Hbond substituents is 1. The number of hydrogen-bond acceptors (Lipinski definition) is 6. The molecule has 0 bridgehead atoms. The molecule has 116 valence electrons. The molecule has 6 nitrogen and oxygen atoms in total. The van der Waals surface area contributed by atoms with E-state index in [1.807, 2.05) is 0 Å². The third kappa shape index (κ3) is 3.88. The number of imide groups is 1. The van der Waals surface area contributed by atoms with E-state index in [1.165, 1.54) is 18.2 Å². The molecule has 22 heavy (non-hydrogen) atoms. The van der Waals surface area contributed by atoms with Crippen LogP contribution in [0.2, 0.25) is 0 Å². The first-order chi connectivity index (χ1) is 10.4. The van der Waals surface area contributed by atoms with Crippen molar-refractivity contribution in [3.8, 4) is 5.75 Å². The van der Waals surface area contributed by atoms with Crippen LogP contribution in [0.4, 0.5) is 4.79 Å². The van der Waals surface area contributed by atoms with Crippen molar-refractivity contribution in [1.29, 1.82) is 0 Å². The Labute approximate surface area is 131 Å². The lowest BCUT2D eigenvalue weighted by Crippen LogP contribution is -2.35. The van der Waals surface area contributed by atoms with E-state index in [0.717, 1.165) is 16.7 Å². The second kappa shape index (κ2) is 6.65. The van der Waals surface area contributed by atoms with Crippen LogP contribution in [0.1, 0.15) is 19.4 Å². The number of hydrogen-bond donors (Lipinski definition) is 1. The topological polar surface area (TPSA) is 83.9 Å². The minimum atomic E-state index is -0.622. The number of amides is 2. The highest BCUT2D eigenvalue weighted by molar-refractivity contribution is 8.18. The predicted molar refractivity (Wildman–Crippen MR) is 82.0 cm³/mol. The van der Waals surface area contributed by atoms with Crippen LogP contribution in [0.3, 0.4) is 0 Å². The first-order valence-corrected chi connectivity index (χ1v) is 7.42. The average Bonchev–Trinajstić information content (AvgIpc) is 2.68. The van der Waals surface area contributed by atoms with Gasteiger partial charge < -0.3 is 9.84 Å². The number of ether oxygens (including phenoxy) is 1. The second-order valence-corrected chi connectivity index (χ2v) is 5.89. The van der Waals surface area contributed by atoms with E-state index in [4.69, 9.17) is 4.74 Å². The maximum absolute atomic E-state index is 12.2. The van der Waals surface area contributed by atoms with Gasteiger partial charge in [-0.1, -0.05) is 12.1 Å². The van der Waals surface area contributed by atoms with Crippen molar-refractivity contribution in [3.63, 3.8) is 0 Å². The number of rotatable bonds is 4. The van der Waals surface area contributed by atoms with Gasteiger partial charge in [0.15, 0.2) is 0 Å². The van der Waals surface area contributed by atoms with Crippen molar-refractivity contribution in [2.45, 2.75) is 20.0 Å². The van der Waals surface area contributed by atoms with E-state index in [9.17, 15) is 19.5 Å². The first kappa shape index (κ1) is 16.1. The van der Waals surface area contributed by atoms with Gasteiger partial charge in [0.25, 0.3) is 11.1 Å². The first-order valence-electron chi connectivity index (χ1n) is 6.60. The van der Waals surface area contributed by atoms with E-state index in [-0.39, 0.29) is 16.8 Å². The summed E-state index contributed by atoms with van der Waals surface area (Å²) >= 11 is 0.770. The van der Waals surface area contributed by atoms with Gasteiger partial charge in [-0.05, 0) is 49.4 Å². The molecule has 1 aliphatic heterocycles. The summed E-state index contributed by atoms with van der Waals surface area (Å²) in [5.41, 5.74) is 0.674. The summed E-state index contributed by atoms with van der Waals surface area (Å²) in [5, 5.41) is 8.71. The van der Waals surface area contributed by atoms with Gasteiger partial charge >= 0.3 is 5.97 Å². The maximum atomic E-state index is 12.2. The molecule has 1 aliphatic rings. The number of thioether (sulfide) groups is 1. The Morgan fingerprint density at radius 3 is 2.55 bits per heavy atom. The van der Waals surface area contributed by atoms with Crippen molar-refractivity contribution in [2.75, 3.05) is 6.54 Å². The van der Waals surface area contributed by atoms with Gasteiger partial charge in [0, 0.05) is 0 Å². The predicted octanol–water partition coefficient (Wildman–Crippen LogP) is 2.38. The smallest absolute Gasteiger partial charge is 0.326 e. The molecule has 0 radical (unpaired) electrons. The van der Waals surface area contributed by atoms with Crippen LogP contribution in [-0.4, -0.2) is 39.8 Å². The van der Waals surface area contributed by atoms with Crippen LogP contribution in [0.5, 0.6) is 5.75 Å². The molecule has 0 saturated carbocycles. The monoisotopic (exact) mass is 321 g/mol. The van der Waals surface area contributed by atoms with Crippen molar-refractivity contribution in [2.24, 2.45) is 0 Å². The molecule has 1 heterocycles. The molecule has 1 fully saturated rings. The Balaban J connectivity index is 2.11. The standard InChI is InChI=1S/C15H15NO5S/c1-9(2)21-13(18)8-16-14(19)12(22-15(16)20)7-10-3-5-11(17)6-4-10/h3-7,9,17H,8H2,1-2H3/b12-7-. The van der Waals surface area contributed by atoms with E-state index in [0.29, 0.717) is 5.56 Å². The van der Waals surface area contributed by atoms with Crippen molar-refractivity contribution in [3.05, 3.63) is 34.7 Å². The zero-order valence-corrected chi connectivity index (χ0v) is 12.9. The molecule has 1 aromatic rings. The largest absolute Gasteiger partial charge is 0.508 e. The number of carbonyl (C=O) groups is 3. The van der Waals surface area contributed by atoms with Crippen LogP contribution in [0.25, 0.3) is 6.08 Å². The molecular formula is C15H15NO5S. The van der Waals surface area contributed by atoms with Crippen molar-refractivity contribution >= 4 is 35.0 Å². The molecule has 0 atom stereocenters. The average molecular weight is 321 g/mol. The van der Waals surface area contributed by atoms with E-state index in [1.54, 1.807) is 26.0 Å². The molecule has 0 aromatic heterocycles. The molecule has 0 unspecified atom stereocenters. The van der Waals surface area contributed by atoms with E-state index in [2.05, 4.69) is 0 Å². The van der Waals surface area contributed by atoms with Gasteiger partial charge in [-0.3, -0.25) is 19.3 Å². The van der Waals surface area contributed by atoms with Crippen LogP contribution < -0.4 is 0 Å². The Bertz CT molecular complexity index is 636. The lowest BCUT2D eigenvalue weighted by atomic mass is 10.2. The highest BCUT2D eigenvalue weighted by Gasteiger charge is 2.36. The maximum Gasteiger partial charge on any atom is 0.326 e. The van der Waals surface area contributed by atoms with Crippen molar-refractivity contribution in [1.82, 2.24) is 4.90 Å². The molecule has 1 N–H and O–H groups in total. The number of nitrogens with zero attached hydrogens (tertiary/aromatic N) is 1. The Hall–Kier alpha value is -2.28. The third-order valence-electron chi connectivity index (χ3n) is 2.72. The van der Waals surface area contributed by atoms with Gasteiger partial charge in [-0.2, -0.15) is 0 Å². The molecule has 1 saturated heterocycles. The van der Waals surface area contributed by atoms with E-state index >= 15 is 0 Å². The third-order valence-corrected chi connectivity index (χ3v) is 3.63. The van der Waals surface area contributed by atoms with Crippen molar-refractivity contribution < 1.29 is 24.2 Å². The van der Waals surface area contributed by atoms with E-state index < -0.39 is 23.7 Å². The molecule has 2 amide bonds. The summed E-state index contributed by atoms with van der Waals surface area (Å²) in [5.74, 6) is -1.03. The molecule has 7 heteroatoms. The number of aromatic hydroxyl groups is 1. The summed E-state index contributed by atoms with van der Waals surface area (Å²) in [6.45, 7) is 2.99. The zero-order chi connectivity index (χ0) is 16.3. The van der Waals surface area contributed by atoms with Crippen LogP contribution in [0, 0.1) is 0 Å². The summed E-state index contributed by atoms with van der Waals surface area (Å²) in [6, 6.07) is 6.21. The van der Waals surface area contributed by atoms with Gasteiger partial charge in [0.05, 0.1) is 11.0 Å². The summed E-state index contributed by atoms with van der Waals surface area (Å²) in [6.07, 6.45) is 1.23. The molecule has 2 rings (SSSR count). The summed E-state index contributed by atoms with van der Waals surface area (Å²) in [7, 11) is 0. The molecule has 1 aromatic carbocycles. The second-order valence-electron chi connectivity index (χ2n) is 4.90. The Morgan fingerprint density at radius 1 is 1.32 bits per heavy atom. The van der Waals surface area contributed by atoms with Gasteiger partial charge in [-0.25, -0.2) is 0 Å². The minimum absolute atomic E-state index is 0.113. The Kier molecular flexibility index (Phi) is 4.87. The quantitative estimate of drug-likeness (QED) is 0.677. The Morgan fingerprint density at radius 2 is 1.95 bits per heavy atom. The summed E-state index contributed by atoms with van der Waals surface area (Å²) < 4.78 is 4.93. The molecule has 0 spiro atoms. The fourth-order valence-corrected chi connectivity index (χ4v) is 2.63. The summed E-state index contributed by atoms with van der Waals surface area (Å²) in [4.78, 5) is 36.7. The zero-order valence-electron chi connectivity index (χ0n) is 12.1. The SMILES string of the molecule is CC(C)OC(=O)CN1C(=O)S/C(=C\c2ccc(O)cc2)C1=O. The number of benzene rings is 1. The lowest BCUT2D eigenvalue weighted by Gasteiger charge is -2.13. The molecular weight excluding hydrogens is 306 g/mol. The van der Waals surface area contributed by atoms with Gasteiger partial charge in [0.1, 0.15) is 12.3 Å². The lowest BCUT2D eigenvalue weighted by molar-refractivity contribution is -0.149. The van der Waals surface area contributed by atoms with Crippen LogP contribution in [0.15, 0.2) is 29.2 Å². The molecule has 0 aliphatic carbocycles. The number of phenols is 1. The fraction of sp³-hybridized carbons (Fsp3) is 0.267. The highest BCUT2D eigenvalue weighted by Crippen LogP contribution is 2.32. The highest BCUT2D eigenvalue weighted by atomic mass is 32.2. The fourth-order valence-electron chi connectivity index (χ4n) is 1.79.